The van der Waals surface area contributed by atoms with E-state index in [2.05, 4.69) is 20.1 Å². The molecular formula is C10H16O. The molecule has 1 fully saturated rings. The molecule has 1 N–H and O–H groups in total. The summed E-state index contributed by atoms with van der Waals surface area (Å²) < 4.78 is 0. The van der Waals surface area contributed by atoms with E-state index in [1.165, 1.54) is 0 Å². The summed E-state index contributed by atoms with van der Waals surface area (Å²) in [5.41, 5.74) is 1.19. The molecule has 0 aliphatic heterocycles. The van der Waals surface area contributed by atoms with Crippen LogP contribution in [0.5, 0.6) is 0 Å². The van der Waals surface area contributed by atoms with E-state index in [9.17, 15) is 0 Å². The molecule has 1 rings (SSSR count). The standard InChI is InChI=1S/C10H16O/c1-5-8-9(7(2)3)10(8,4)6-11/h5,8-9,11H,1-2,6H2,3-4H3/t8-,9-,10+/m0/s1. The number of aliphatic hydroxyl groups excluding tert-OH is 1. The highest BCUT2D eigenvalue weighted by molar-refractivity contribution is 5.25. The lowest BCUT2D eigenvalue weighted by Crippen LogP contribution is -2.05. The zero-order valence-electron chi connectivity index (χ0n) is 7.30. The molecule has 1 saturated carbocycles. The fraction of sp³-hybridized carbons (Fsp3) is 0.600. The van der Waals surface area contributed by atoms with Crippen molar-refractivity contribution in [1.82, 2.24) is 0 Å². The second-order valence-corrected chi connectivity index (χ2v) is 3.75. The third-order valence-electron chi connectivity index (χ3n) is 2.85. The highest BCUT2D eigenvalue weighted by Gasteiger charge is 2.59. The molecule has 0 unspecified atom stereocenters. The molecule has 0 aromatic heterocycles. The van der Waals surface area contributed by atoms with Crippen molar-refractivity contribution in [2.45, 2.75) is 13.8 Å². The van der Waals surface area contributed by atoms with Gasteiger partial charge in [-0.2, -0.15) is 0 Å². The average molecular weight is 152 g/mol. The van der Waals surface area contributed by atoms with Gasteiger partial charge in [-0.3, -0.25) is 0 Å². The molecular weight excluding hydrogens is 136 g/mol. The van der Waals surface area contributed by atoms with Gasteiger partial charge in [-0.25, -0.2) is 0 Å². The van der Waals surface area contributed by atoms with E-state index in [1.807, 2.05) is 13.0 Å². The number of hydrogen-bond donors (Lipinski definition) is 1. The van der Waals surface area contributed by atoms with E-state index in [0.717, 1.165) is 5.57 Å². The van der Waals surface area contributed by atoms with Crippen molar-refractivity contribution in [3.63, 3.8) is 0 Å². The summed E-state index contributed by atoms with van der Waals surface area (Å²) in [4.78, 5) is 0. The van der Waals surface area contributed by atoms with Gasteiger partial charge in [0.05, 0.1) is 0 Å². The van der Waals surface area contributed by atoms with Gasteiger partial charge in [-0.05, 0) is 18.8 Å². The fourth-order valence-electron chi connectivity index (χ4n) is 2.08. The van der Waals surface area contributed by atoms with Crippen LogP contribution in [0, 0.1) is 17.3 Å². The summed E-state index contributed by atoms with van der Waals surface area (Å²) in [6.45, 7) is 12.0. The molecule has 0 spiro atoms. The highest BCUT2D eigenvalue weighted by Crippen LogP contribution is 2.61. The van der Waals surface area contributed by atoms with Gasteiger partial charge in [-0.1, -0.05) is 25.2 Å². The average Bonchev–Trinajstić information content (AvgIpc) is 2.57. The van der Waals surface area contributed by atoms with Crippen molar-refractivity contribution in [2.24, 2.45) is 17.3 Å². The quantitative estimate of drug-likeness (QED) is 0.613. The zero-order valence-corrected chi connectivity index (χ0v) is 7.30. The first-order chi connectivity index (χ1) is 5.07. The molecule has 1 aliphatic carbocycles. The van der Waals surface area contributed by atoms with Crippen molar-refractivity contribution in [3.8, 4) is 0 Å². The van der Waals surface area contributed by atoms with Crippen LogP contribution in [0.4, 0.5) is 0 Å². The van der Waals surface area contributed by atoms with Gasteiger partial charge in [0.15, 0.2) is 0 Å². The van der Waals surface area contributed by atoms with Gasteiger partial charge in [0.1, 0.15) is 0 Å². The van der Waals surface area contributed by atoms with E-state index in [0.29, 0.717) is 11.8 Å². The first-order valence-electron chi connectivity index (χ1n) is 3.96. The fourth-order valence-corrected chi connectivity index (χ4v) is 2.08. The molecule has 1 heteroatoms. The SMILES string of the molecule is C=C[C@H]1[C@H](C(=C)C)[C@]1(C)CO. The van der Waals surface area contributed by atoms with Crippen LogP contribution in [0.1, 0.15) is 13.8 Å². The topological polar surface area (TPSA) is 20.2 Å². The van der Waals surface area contributed by atoms with E-state index in [1.54, 1.807) is 0 Å². The lowest BCUT2D eigenvalue weighted by atomic mass is 10.0. The zero-order chi connectivity index (χ0) is 8.65. The van der Waals surface area contributed by atoms with E-state index in [-0.39, 0.29) is 12.0 Å². The second kappa shape index (κ2) is 2.49. The largest absolute Gasteiger partial charge is 0.396 e. The van der Waals surface area contributed by atoms with E-state index < -0.39 is 0 Å². The third-order valence-corrected chi connectivity index (χ3v) is 2.85. The van der Waals surface area contributed by atoms with Crippen LogP contribution >= 0.6 is 0 Å². The minimum Gasteiger partial charge on any atom is -0.396 e. The van der Waals surface area contributed by atoms with Crippen LogP contribution in [-0.2, 0) is 0 Å². The van der Waals surface area contributed by atoms with Crippen molar-refractivity contribution >= 4 is 0 Å². The van der Waals surface area contributed by atoms with Gasteiger partial charge in [0.2, 0.25) is 0 Å². The first-order valence-corrected chi connectivity index (χ1v) is 3.96. The predicted octanol–water partition coefficient (Wildman–Crippen LogP) is 1.99. The monoisotopic (exact) mass is 152 g/mol. The summed E-state index contributed by atoms with van der Waals surface area (Å²) in [5, 5.41) is 9.10. The van der Waals surface area contributed by atoms with E-state index >= 15 is 0 Å². The Bertz CT molecular complexity index is 195. The van der Waals surface area contributed by atoms with Gasteiger partial charge in [0.25, 0.3) is 0 Å². The molecule has 0 heterocycles. The van der Waals surface area contributed by atoms with Gasteiger partial charge < -0.3 is 5.11 Å². The maximum Gasteiger partial charge on any atom is 0.0496 e. The molecule has 0 saturated heterocycles. The first kappa shape index (κ1) is 8.54. The minimum absolute atomic E-state index is 0.0353. The molecule has 0 radical (unpaired) electrons. The second-order valence-electron chi connectivity index (χ2n) is 3.75. The van der Waals surface area contributed by atoms with Crippen LogP contribution < -0.4 is 0 Å². The normalized spacial score (nSPS) is 41.7. The van der Waals surface area contributed by atoms with Crippen molar-refractivity contribution in [1.29, 1.82) is 0 Å². The van der Waals surface area contributed by atoms with Crippen LogP contribution in [0.3, 0.4) is 0 Å². The minimum atomic E-state index is 0.0353. The van der Waals surface area contributed by atoms with E-state index in [4.69, 9.17) is 5.11 Å². The van der Waals surface area contributed by atoms with Gasteiger partial charge in [0, 0.05) is 12.0 Å². The number of rotatable bonds is 3. The molecule has 0 bridgehead atoms. The summed E-state index contributed by atoms with van der Waals surface area (Å²) in [7, 11) is 0. The lowest BCUT2D eigenvalue weighted by molar-refractivity contribution is 0.210. The Balaban J connectivity index is 2.73. The van der Waals surface area contributed by atoms with Crippen LogP contribution in [0.25, 0.3) is 0 Å². The molecule has 0 aromatic carbocycles. The maximum atomic E-state index is 9.10. The Morgan fingerprint density at radius 3 is 2.36 bits per heavy atom. The Labute approximate surface area is 68.4 Å². The Hall–Kier alpha value is -0.560. The summed E-state index contributed by atoms with van der Waals surface area (Å²) in [6, 6.07) is 0. The lowest BCUT2D eigenvalue weighted by Gasteiger charge is -2.04. The third kappa shape index (κ3) is 1.04. The molecule has 1 nitrogen and oxygen atoms in total. The Kier molecular flexibility index (Phi) is 1.93. The summed E-state index contributed by atoms with van der Waals surface area (Å²) in [6.07, 6.45) is 1.93. The highest BCUT2D eigenvalue weighted by atomic mass is 16.3. The maximum absolute atomic E-state index is 9.10. The van der Waals surface area contributed by atoms with Crippen LogP contribution in [-0.4, -0.2) is 11.7 Å². The summed E-state index contributed by atoms with van der Waals surface area (Å²) in [5.74, 6) is 0.884. The molecule has 11 heavy (non-hydrogen) atoms. The summed E-state index contributed by atoms with van der Waals surface area (Å²) >= 11 is 0. The van der Waals surface area contributed by atoms with Gasteiger partial charge in [-0.15, -0.1) is 6.58 Å². The predicted molar refractivity (Wildman–Crippen MR) is 47.2 cm³/mol. The van der Waals surface area contributed by atoms with Crippen molar-refractivity contribution < 1.29 is 5.11 Å². The number of aliphatic hydroxyl groups is 1. The van der Waals surface area contributed by atoms with Crippen LogP contribution in [0.15, 0.2) is 24.8 Å². The molecule has 62 valence electrons. The molecule has 3 atom stereocenters. The van der Waals surface area contributed by atoms with Crippen molar-refractivity contribution in [2.75, 3.05) is 6.61 Å². The Morgan fingerprint density at radius 1 is 1.73 bits per heavy atom. The Morgan fingerprint density at radius 2 is 2.27 bits per heavy atom. The van der Waals surface area contributed by atoms with Crippen LogP contribution in [0.2, 0.25) is 0 Å². The van der Waals surface area contributed by atoms with Gasteiger partial charge >= 0.3 is 0 Å². The smallest absolute Gasteiger partial charge is 0.0496 e. The number of allylic oxidation sites excluding steroid dienone is 2. The molecule has 1 aliphatic rings. The van der Waals surface area contributed by atoms with Crippen molar-refractivity contribution in [3.05, 3.63) is 24.8 Å². The molecule has 0 aromatic rings. The molecule has 0 amide bonds. The number of hydrogen-bond acceptors (Lipinski definition) is 1.